The molecule has 21 heavy (non-hydrogen) atoms. The molecule has 0 aromatic heterocycles. The molecule has 0 fully saturated rings. The Hall–Kier alpha value is -2.48. The molecule has 0 saturated carbocycles. The third-order valence-corrected chi connectivity index (χ3v) is 3.18. The molecule has 0 unspecified atom stereocenters. The first-order chi connectivity index (χ1) is 10.0. The molecule has 8 nitrogen and oxygen atoms in total. The van der Waals surface area contributed by atoms with Crippen molar-refractivity contribution in [3.8, 4) is 0 Å². The van der Waals surface area contributed by atoms with Gasteiger partial charge in [0, 0.05) is 30.5 Å². The normalized spacial score (nSPS) is 17.9. The van der Waals surface area contributed by atoms with Crippen molar-refractivity contribution in [2.45, 2.75) is 13.3 Å². The molecule has 8 heteroatoms. The number of aliphatic hydroxyl groups excluding tert-OH is 1. The molecule has 1 amide bonds. The van der Waals surface area contributed by atoms with Crippen molar-refractivity contribution < 1.29 is 14.8 Å². The number of nitro benzene ring substituents is 1. The van der Waals surface area contributed by atoms with E-state index in [0.717, 1.165) is 0 Å². The molecule has 0 saturated heterocycles. The van der Waals surface area contributed by atoms with Gasteiger partial charge in [-0.2, -0.15) is 5.10 Å². The monoisotopic (exact) mass is 292 g/mol. The van der Waals surface area contributed by atoms with E-state index in [9.17, 15) is 14.9 Å². The molecule has 0 bridgehead atoms. The minimum atomic E-state index is -0.490. The number of rotatable bonds is 5. The molecule has 0 spiro atoms. The lowest BCUT2D eigenvalue weighted by Crippen LogP contribution is -2.32. The topological polar surface area (TPSA) is 117 Å². The van der Waals surface area contributed by atoms with Crippen LogP contribution < -0.4 is 10.7 Å². The van der Waals surface area contributed by atoms with Crippen molar-refractivity contribution in [1.82, 2.24) is 5.43 Å². The molecule has 1 aromatic carbocycles. The Morgan fingerprint density at radius 3 is 2.95 bits per heavy atom. The summed E-state index contributed by atoms with van der Waals surface area (Å²) in [7, 11) is 0. The first-order valence-corrected chi connectivity index (χ1v) is 6.53. The number of hydrogen-bond donors (Lipinski definition) is 3. The molecule has 3 N–H and O–H groups in total. The number of anilines is 1. The number of hydrazone groups is 1. The molecule has 1 heterocycles. The number of nitrogens with one attached hydrogen (secondary N) is 2. The maximum atomic E-state index is 11.2. The fourth-order valence-electron chi connectivity index (χ4n) is 2.18. The molecule has 112 valence electrons. The number of nitro groups is 1. The average molecular weight is 292 g/mol. The maximum absolute atomic E-state index is 11.2. The SMILES string of the molecule is C[C@H]1CC(=O)NN=C1c1ccc(NCCO)c([N+](=O)[O-])c1. The highest BCUT2D eigenvalue weighted by Gasteiger charge is 2.24. The number of amides is 1. The number of carbonyl (C=O) groups is 1. The first-order valence-electron chi connectivity index (χ1n) is 6.53. The third-order valence-electron chi connectivity index (χ3n) is 3.18. The predicted octanol–water partition coefficient (Wildman–Crippen LogP) is 0.859. The van der Waals surface area contributed by atoms with Gasteiger partial charge < -0.3 is 10.4 Å². The molecular formula is C13H16N4O4. The van der Waals surface area contributed by atoms with Gasteiger partial charge >= 0.3 is 0 Å². The van der Waals surface area contributed by atoms with Crippen LogP contribution in [0, 0.1) is 16.0 Å². The van der Waals surface area contributed by atoms with Crippen LogP contribution in [0.25, 0.3) is 0 Å². The number of hydrogen-bond acceptors (Lipinski definition) is 6. The summed E-state index contributed by atoms with van der Waals surface area (Å²) in [5.74, 6) is -0.267. The summed E-state index contributed by atoms with van der Waals surface area (Å²) in [6, 6.07) is 4.71. The number of nitrogens with zero attached hydrogens (tertiary/aromatic N) is 2. The Morgan fingerprint density at radius 2 is 2.33 bits per heavy atom. The van der Waals surface area contributed by atoms with Crippen molar-refractivity contribution in [3.63, 3.8) is 0 Å². The summed E-state index contributed by atoms with van der Waals surface area (Å²) in [6.07, 6.45) is 0.303. The fourth-order valence-corrected chi connectivity index (χ4v) is 2.18. The maximum Gasteiger partial charge on any atom is 0.292 e. The van der Waals surface area contributed by atoms with E-state index in [0.29, 0.717) is 23.4 Å². The predicted molar refractivity (Wildman–Crippen MR) is 77.1 cm³/mol. The van der Waals surface area contributed by atoms with Crippen molar-refractivity contribution in [2.75, 3.05) is 18.5 Å². The van der Waals surface area contributed by atoms with Crippen LogP contribution in [0.2, 0.25) is 0 Å². The summed E-state index contributed by atoms with van der Waals surface area (Å²) in [6.45, 7) is 1.96. The van der Waals surface area contributed by atoms with Crippen LogP contribution in [0.5, 0.6) is 0 Å². The Bertz CT molecular complexity index is 600. The van der Waals surface area contributed by atoms with Gasteiger partial charge in [-0.05, 0) is 6.07 Å². The lowest BCUT2D eigenvalue weighted by atomic mass is 9.93. The van der Waals surface area contributed by atoms with E-state index in [2.05, 4.69) is 15.8 Å². The van der Waals surface area contributed by atoms with Gasteiger partial charge in [0.15, 0.2) is 0 Å². The minimum Gasteiger partial charge on any atom is -0.395 e. The largest absolute Gasteiger partial charge is 0.395 e. The Labute approximate surface area is 121 Å². The van der Waals surface area contributed by atoms with Crippen LogP contribution >= 0.6 is 0 Å². The first kappa shape index (κ1) is 14.9. The van der Waals surface area contributed by atoms with Crippen molar-refractivity contribution in [2.24, 2.45) is 11.0 Å². The second-order valence-electron chi connectivity index (χ2n) is 4.78. The molecule has 1 aromatic rings. The van der Waals surface area contributed by atoms with Gasteiger partial charge in [0.25, 0.3) is 5.69 Å². The zero-order valence-corrected chi connectivity index (χ0v) is 11.5. The van der Waals surface area contributed by atoms with E-state index in [4.69, 9.17) is 5.11 Å². The molecule has 0 aliphatic carbocycles. The van der Waals surface area contributed by atoms with Gasteiger partial charge in [-0.15, -0.1) is 0 Å². The second kappa shape index (κ2) is 6.31. The average Bonchev–Trinajstić information content (AvgIpc) is 2.45. The molecule has 0 radical (unpaired) electrons. The van der Waals surface area contributed by atoms with E-state index in [1.807, 2.05) is 6.92 Å². The second-order valence-corrected chi connectivity index (χ2v) is 4.78. The Balaban J connectivity index is 2.36. The van der Waals surface area contributed by atoms with Gasteiger partial charge in [0.1, 0.15) is 5.69 Å². The quantitative estimate of drug-likeness (QED) is 0.549. The fraction of sp³-hybridized carbons (Fsp3) is 0.385. The summed E-state index contributed by atoms with van der Waals surface area (Å²) < 4.78 is 0. The van der Waals surface area contributed by atoms with Crippen molar-refractivity contribution >= 4 is 23.0 Å². The molecule has 1 aliphatic heterocycles. The highest BCUT2D eigenvalue weighted by molar-refractivity contribution is 6.06. The van der Waals surface area contributed by atoms with Crippen molar-refractivity contribution in [1.29, 1.82) is 0 Å². The van der Waals surface area contributed by atoms with Gasteiger partial charge in [-0.1, -0.05) is 13.0 Å². The molecular weight excluding hydrogens is 276 g/mol. The molecule has 2 rings (SSSR count). The van der Waals surface area contributed by atoms with Crippen LogP contribution in [-0.4, -0.2) is 34.8 Å². The van der Waals surface area contributed by atoms with Gasteiger partial charge in [0.2, 0.25) is 5.91 Å². The van der Waals surface area contributed by atoms with E-state index in [1.54, 1.807) is 12.1 Å². The highest BCUT2D eigenvalue weighted by atomic mass is 16.6. The lowest BCUT2D eigenvalue weighted by Gasteiger charge is -2.19. The molecule has 1 aliphatic rings. The van der Waals surface area contributed by atoms with E-state index in [-0.39, 0.29) is 30.7 Å². The van der Waals surface area contributed by atoms with Crippen LogP contribution in [0.3, 0.4) is 0 Å². The van der Waals surface area contributed by atoms with Crippen LogP contribution in [0.4, 0.5) is 11.4 Å². The number of benzene rings is 1. The molecule has 1 atom stereocenters. The van der Waals surface area contributed by atoms with Crippen LogP contribution in [-0.2, 0) is 4.79 Å². The smallest absolute Gasteiger partial charge is 0.292 e. The highest BCUT2D eigenvalue weighted by Crippen LogP contribution is 2.27. The summed E-state index contributed by atoms with van der Waals surface area (Å²) >= 11 is 0. The zero-order chi connectivity index (χ0) is 15.4. The van der Waals surface area contributed by atoms with Gasteiger partial charge in [-0.25, -0.2) is 5.43 Å². The number of carbonyl (C=O) groups excluding carboxylic acids is 1. The van der Waals surface area contributed by atoms with E-state index in [1.165, 1.54) is 6.07 Å². The lowest BCUT2D eigenvalue weighted by molar-refractivity contribution is -0.384. The Kier molecular flexibility index (Phi) is 4.49. The third kappa shape index (κ3) is 3.34. The van der Waals surface area contributed by atoms with Gasteiger partial charge in [-0.3, -0.25) is 14.9 Å². The summed E-state index contributed by atoms with van der Waals surface area (Å²) in [5.41, 5.74) is 3.86. The summed E-state index contributed by atoms with van der Waals surface area (Å²) in [5, 5.41) is 26.7. The number of aliphatic hydroxyl groups is 1. The standard InChI is InChI=1S/C13H16N4O4/c1-8-6-12(19)15-16-13(8)9-2-3-10(14-4-5-18)11(7-9)17(20)21/h2-3,7-8,14,18H,4-6H2,1H3,(H,15,19)/t8-/m0/s1. The van der Waals surface area contributed by atoms with Crippen LogP contribution in [0.15, 0.2) is 23.3 Å². The Morgan fingerprint density at radius 1 is 1.57 bits per heavy atom. The van der Waals surface area contributed by atoms with Crippen LogP contribution in [0.1, 0.15) is 18.9 Å². The van der Waals surface area contributed by atoms with Gasteiger partial charge in [0.05, 0.1) is 17.2 Å². The minimum absolute atomic E-state index is 0.0900. The van der Waals surface area contributed by atoms with E-state index >= 15 is 0 Å². The van der Waals surface area contributed by atoms with E-state index < -0.39 is 4.92 Å². The zero-order valence-electron chi connectivity index (χ0n) is 11.5. The van der Waals surface area contributed by atoms with Crippen molar-refractivity contribution in [3.05, 3.63) is 33.9 Å². The summed E-state index contributed by atoms with van der Waals surface area (Å²) in [4.78, 5) is 21.9.